The van der Waals surface area contributed by atoms with Gasteiger partial charge >= 0.3 is 0 Å². The van der Waals surface area contributed by atoms with Gasteiger partial charge in [-0.3, -0.25) is 4.79 Å². The van der Waals surface area contributed by atoms with Crippen LogP contribution in [0.15, 0.2) is 30.3 Å². The lowest BCUT2D eigenvalue weighted by Gasteiger charge is -2.21. The van der Waals surface area contributed by atoms with Crippen LogP contribution in [0.3, 0.4) is 0 Å². The summed E-state index contributed by atoms with van der Waals surface area (Å²) in [6.07, 6.45) is 9.43. The van der Waals surface area contributed by atoms with E-state index in [2.05, 4.69) is 17.4 Å². The van der Waals surface area contributed by atoms with E-state index in [-0.39, 0.29) is 5.91 Å². The number of aryl methyl sites for hydroxylation is 1. The SMILES string of the molecule is NC(CCc1ccccc1)C(=O)NCCC1CCCCC1. The van der Waals surface area contributed by atoms with Gasteiger partial charge in [-0.1, -0.05) is 62.4 Å². The second-order valence-corrected chi connectivity index (χ2v) is 6.21. The molecule has 0 aliphatic heterocycles. The lowest BCUT2D eigenvalue weighted by Crippen LogP contribution is -2.41. The Balaban J connectivity index is 1.60. The fourth-order valence-electron chi connectivity index (χ4n) is 3.10. The highest BCUT2D eigenvalue weighted by Crippen LogP contribution is 2.25. The zero-order chi connectivity index (χ0) is 14.9. The average molecular weight is 288 g/mol. The smallest absolute Gasteiger partial charge is 0.236 e. The van der Waals surface area contributed by atoms with E-state index >= 15 is 0 Å². The summed E-state index contributed by atoms with van der Waals surface area (Å²) in [5.74, 6) is 0.807. The van der Waals surface area contributed by atoms with Gasteiger partial charge in [0.15, 0.2) is 0 Å². The molecule has 0 aromatic heterocycles. The van der Waals surface area contributed by atoms with Gasteiger partial charge in [0, 0.05) is 6.54 Å². The Morgan fingerprint density at radius 2 is 1.90 bits per heavy atom. The average Bonchev–Trinajstić information content (AvgIpc) is 2.54. The van der Waals surface area contributed by atoms with Crippen molar-refractivity contribution in [2.24, 2.45) is 11.7 Å². The third kappa shape index (κ3) is 5.88. The number of benzene rings is 1. The number of amides is 1. The normalized spacial score (nSPS) is 17.4. The molecule has 116 valence electrons. The van der Waals surface area contributed by atoms with Gasteiger partial charge in [-0.25, -0.2) is 0 Å². The molecule has 0 heterocycles. The van der Waals surface area contributed by atoms with Crippen molar-refractivity contribution in [3.63, 3.8) is 0 Å². The number of carbonyl (C=O) groups is 1. The Bertz CT molecular complexity index is 412. The van der Waals surface area contributed by atoms with Crippen molar-refractivity contribution in [1.82, 2.24) is 5.32 Å². The molecule has 1 fully saturated rings. The number of nitrogens with one attached hydrogen (secondary N) is 1. The van der Waals surface area contributed by atoms with Crippen molar-refractivity contribution in [3.8, 4) is 0 Å². The predicted octanol–water partition coefficient (Wildman–Crippen LogP) is 3.03. The third-order valence-electron chi connectivity index (χ3n) is 4.50. The van der Waals surface area contributed by atoms with Crippen LogP contribution in [-0.2, 0) is 11.2 Å². The maximum atomic E-state index is 12.0. The number of carbonyl (C=O) groups excluding carboxylic acids is 1. The van der Waals surface area contributed by atoms with E-state index in [9.17, 15) is 4.79 Å². The van der Waals surface area contributed by atoms with Crippen molar-refractivity contribution in [1.29, 1.82) is 0 Å². The standard InChI is InChI=1S/C18H28N2O/c19-17(12-11-15-7-3-1-4-8-15)18(21)20-14-13-16-9-5-2-6-10-16/h1,3-4,7-8,16-17H,2,5-6,9-14,19H2,(H,20,21). The van der Waals surface area contributed by atoms with Crippen LogP contribution in [0.2, 0.25) is 0 Å². The topological polar surface area (TPSA) is 55.1 Å². The van der Waals surface area contributed by atoms with Crippen LogP contribution in [0.25, 0.3) is 0 Å². The highest BCUT2D eigenvalue weighted by Gasteiger charge is 2.15. The van der Waals surface area contributed by atoms with E-state index in [0.717, 1.165) is 25.3 Å². The summed E-state index contributed by atoms with van der Waals surface area (Å²) < 4.78 is 0. The highest BCUT2D eigenvalue weighted by atomic mass is 16.2. The Morgan fingerprint density at radius 3 is 2.62 bits per heavy atom. The molecule has 3 nitrogen and oxygen atoms in total. The van der Waals surface area contributed by atoms with Crippen LogP contribution in [0, 0.1) is 5.92 Å². The molecule has 21 heavy (non-hydrogen) atoms. The summed E-state index contributed by atoms with van der Waals surface area (Å²) in [5.41, 5.74) is 7.21. The molecule has 1 aliphatic carbocycles. The second kappa shape index (κ2) is 8.83. The number of nitrogens with two attached hydrogens (primary N) is 1. The molecule has 2 rings (SSSR count). The van der Waals surface area contributed by atoms with Crippen molar-refractivity contribution in [2.45, 2.75) is 57.4 Å². The van der Waals surface area contributed by atoms with Crippen LogP contribution in [0.5, 0.6) is 0 Å². The molecular formula is C18H28N2O. The molecule has 3 N–H and O–H groups in total. The van der Waals surface area contributed by atoms with Gasteiger partial charge in [0.1, 0.15) is 0 Å². The van der Waals surface area contributed by atoms with Crippen molar-refractivity contribution < 1.29 is 4.79 Å². The number of hydrogen-bond donors (Lipinski definition) is 2. The first-order valence-corrected chi connectivity index (χ1v) is 8.33. The Hall–Kier alpha value is -1.35. The third-order valence-corrected chi connectivity index (χ3v) is 4.50. The van der Waals surface area contributed by atoms with E-state index in [4.69, 9.17) is 5.73 Å². The summed E-state index contributed by atoms with van der Waals surface area (Å²) in [6, 6.07) is 9.80. The minimum Gasteiger partial charge on any atom is -0.355 e. The van der Waals surface area contributed by atoms with E-state index in [0.29, 0.717) is 6.42 Å². The predicted molar refractivity (Wildman–Crippen MR) is 86.9 cm³/mol. The number of hydrogen-bond acceptors (Lipinski definition) is 2. The Kier molecular flexibility index (Phi) is 6.74. The minimum absolute atomic E-state index is 0.00161. The van der Waals surface area contributed by atoms with Crippen LogP contribution < -0.4 is 11.1 Å². The van der Waals surface area contributed by atoms with Crippen molar-refractivity contribution in [2.75, 3.05) is 6.54 Å². The van der Waals surface area contributed by atoms with Gasteiger partial charge in [-0.15, -0.1) is 0 Å². The lowest BCUT2D eigenvalue weighted by molar-refractivity contribution is -0.122. The van der Waals surface area contributed by atoms with Crippen LogP contribution >= 0.6 is 0 Å². The quantitative estimate of drug-likeness (QED) is 0.810. The van der Waals surface area contributed by atoms with Gasteiger partial charge in [0.2, 0.25) is 5.91 Å². The van der Waals surface area contributed by atoms with Gasteiger partial charge < -0.3 is 11.1 Å². The molecule has 0 saturated heterocycles. The molecular weight excluding hydrogens is 260 g/mol. The maximum absolute atomic E-state index is 12.0. The molecule has 0 spiro atoms. The Labute approximate surface area is 128 Å². The second-order valence-electron chi connectivity index (χ2n) is 6.21. The first-order valence-electron chi connectivity index (χ1n) is 8.33. The molecule has 1 unspecified atom stereocenters. The van der Waals surface area contributed by atoms with Crippen LogP contribution in [0.4, 0.5) is 0 Å². The van der Waals surface area contributed by atoms with Gasteiger partial charge in [0.05, 0.1) is 6.04 Å². The van der Waals surface area contributed by atoms with Gasteiger partial charge in [0.25, 0.3) is 0 Å². The van der Waals surface area contributed by atoms with Crippen molar-refractivity contribution in [3.05, 3.63) is 35.9 Å². The van der Waals surface area contributed by atoms with Crippen LogP contribution in [-0.4, -0.2) is 18.5 Å². The fraction of sp³-hybridized carbons (Fsp3) is 0.611. The fourth-order valence-corrected chi connectivity index (χ4v) is 3.10. The molecule has 1 aliphatic rings. The molecule has 1 amide bonds. The van der Waals surface area contributed by atoms with Gasteiger partial charge in [-0.05, 0) is 30.7 Å². The molecule has 1 aromatic rings. The zero-order valence-corrected chi connectivity index (χ0v) is 12.9. The molecule has 0 bridgehead atoms. The molecule has 0 radical (unpaired) electrons. The molecule has 1 aromatic carbocycles. The zero-order valence-electron chi connectivity index (χ0n) is 12.9. The summed E-state index contributed by atoms with van der Waals surface area (Å²) in [7, 11) is 0. The monoisotopic (exact) mass is 288 g/mol. The van der Waals surface area contributed by atoms with E-state index in [1.54, 1.807) is 0 Å². The summed E-state index contributed by atoms with van der Waals surface area (Å²) in [4.78, 5) is 12.0. The van der Waals surface area contributed by atoms with E-state index < -0.39 is 6.04 Å². The largest absolute Gasteiger partial charge is 0.355 e. The Morgan fingerprint density at radius 1 is 1.19 bits per heavy atom. The van der Waals surface area contributed by atoms with Crippen molar-refractivity contribution >= 4 is 5.91 Å². The summed E-state index contributed by atoms with van der Waals surface area (Å²) in [6.45, 7) is 0.780. The summed E-state index contributed by atoms with van der Waals surface area (Å²) in [5, 5.41) is 3.00. The van der Waals surface area contributed by atoms with E-state index in [1.807, 2.05) is 18.2 Å². The lowest BCUT2D eigenvalue weighted by atomic mass is 9.87. The maximum Gasteiger partial charge on any atom is 0.236 e. The van der Waals surface area contributed by atoms with Crippen LogP contribution in [0.1, 0.15) is 50.5 Å². The first kappa shape index (κ1) is 16.0. The number of rotatable bonds is 7. The minimum atomic E-state index is -0.392. The molecule has 3 heteroatoms. The van der Waals surface area contributed by atoms with E-state index in [1.165, 1.54) is 37.7 Å². The first-order chi connectivity index (χ1) is 10.3. The highest BCUT2D eigenvalue weighted by molar-refractivity contribution is 5.81. The summed E-state index contributed by atoms with van der Waals surface area (Å²) >= 11 is 0. The molecule has 1 saturated carbocycles. The molecule has 1 atom stereocenters. The van der Waals surface area contributed by atoms with Gasteiger partial charge in [-0.2, -0.15) is 0 Å².